The zero-order valence-electron chi connectivity index (χ0n) is 22.7. The lowest BCUT2D eigenvalue weighted by Gasteiger charge is -2.40. The highest BCUT2D eigenvalue weighted by Gasteiger charge is 2.23. The maximum atomic E-state index is 4.51. The molecule has 32 heavy (non-hydrogen) atoms. The average Bonchev–Trinajstić information content (AvgIpc) is 2.82. The first-order valence-electron chi connectivity index (χ1n) is 12.5. The van der Waals surface area contributed by atoms with E-state index in [-0.39, 0.29) is 0 Å². The smallest absolute Gasteiger partial charge is 0.101 e. The molecular weight excluding hydrogens is 408 g/mol. The van der Waals surface area contributed by atoms with Crippen molar-refractivity contribution >= 4 is 12.6 Å². The van der Waals surface area contributed by atoms with E-state index in [1.165, 1.54) is 35.3 Å². The van der Waals surface area contributed by atoms with Crippen molar-refractivity contribution < 1.29 is 0 Å². The summed E-state index contributed by atoms with van der Waals surface area (Å²) in [7, 11) is 0. The fourth-order valence-corrected chi connectivity index (χ4v) is 3.55. The summed E-state index contributed by atoms with van der Waals surface area (Å²) in [5, 5.41) is 0. The topological polar surface area (TPSA) is 6.48 Å². The minimum Gasteiger partial charge on any atom is -0.358 e. The second kappa shape index (κ2) is 20.0. The molecule has 1 aliphatic heterocycles. The second-order valence-electron chi connectivity index (χ2n) is 7.87. The number of rotatable bonds is 10. The molecule has 0 radical (unpaired) electrons. The third kappa shape index (κ3) is 12.4. The molecule has 0 amide bonds. The molecule has 0 spiro atoms. The van der Waals surface area contributed by atoms with E-state index in [1.54, 1.807) is 0 Å². The fourth-order valence-electron chi connectivity index (χ4n) is 3.38. The van der Waals surface area contributed by atoms with Crippen LogP contribution in [0.25, 0.3) is 0 Å². The molecule has 3 heteroatoms. The highest BCUT2D eigenvalue weighted by molar-refractivity contribution is 7.80. The Labute approximate surface area is 207 Å². The van der Waals surface area contributed by atoms with E-state index in [2.05, 4.69) is 94.5 Å². The molecule has 0 bridgehead atoms. The molecule has 0 aromatic carbocycles. The Balaban J connectivity index is 0. The average molecular weight is 461 g/mol. The van der Waals surface area contributed by atoms with Crippen LogP contribution in [0.5, 0.6) is 0 Å². The van der Waals surface area contributed by atoms with Gasteiger partial charge < -0.3 is 9.80 Å². The summed E-state index contributed by atoms with van der Waals surface area (Å²) >= 11 is 4.49. The summed E-state index contributed by atoms with van der Waals surface area (Å²) < 4.78 is 0. The number of thiol groups is 1. The van der Waals surface area contributed by atoms with Gasteiger partial charge in [0.25, 0.3) is 0 Å². The first-order valence-corrected chi connectivity index (χ1v) is 13.1. The lowest BCUT2D eigenvalue weighted by atomic mass is 9.99. The van der Waals surface area contributed by atoms with Crippen LogP contribution in [0.1, 0.15) is 81.6 Å². The lowest BCUT2D eigenvalue weighted by molar-refractivity contribution is 0.188. The van der Waals surface area contributed by atoms with Crippen molar-refractivity contribution in [2.75, 3.05) is 25.4 Å². The zero-order chi connectivity index (χ0) is 25.1. The quantitative estimate of drug-likeness (QED) is 0.257. The molecule has 1 fully saturated rings. The molecule has 184 valence electrons. The van der Waals surface area contributed by atoms with Gasteiger partial charge >= 0.3 is 0 Å². The van der Waals surface area contributed by atoms with Crippen LogP contribution < -0.4 is 0 Å². The van der Waals surface area contributed by atoms with E-state index in [0.717, 1.165) is 37.8 Å². The first kappa shape index (κ1) is 32.6. The predicted octanol–water partition coefficient (Wildman–Crippen LogP) is 8.79. The van der Waals surface area contributed by atoms with Crippen LogP contribution in [-0.4, -0.2) is 35.2 Å². The second-order valence-corrected chi connectivity index (χ2v) is 8.23. The van der Waals surface area contributed by atoms with E-state index in [1.807, 2.05) is 33.8 Å². The number of allylic oxidation sites excluding steroid dienone is 6. The molecule has 0 aliphatic carbocycles. The largest absolute Gasteiger partial charge is 0.358 e. The highest BCUT2D eigenvalue weighted by Crippen LogP contribution is 2.27. The molecular formula is C29H52N2S. The normalized spacial score (nSPS) is 15.9. The maximum Gasteiger partial charge on any atom is 0.101 e. The van der Waals surface area contributed by atoms with Gasteiger partial charge in [0.05, 0.1) is 0 Å². The Morgan fingerprint density at radius 1 is 1.03 bits per heavy atom. The van der Waals surface area contributed by atoms with Gasteiger partial charge in [0.15, 0.2) is 0 Å². The van der Waals surface area contributed by atoms with Gasteiger partial charge in [-0.25, -0.2) is 0 Å². The first-order chi connectivity index (χ1) is 15.3. The predicted molar refractivity (Wildman–Crippen MR) is 152 cm³/mol. The van der Waals surface area contributed by atoms with Crippen LogP contribution >= 0.6 is 12.6 Å². The Morgan fingerprint density at radius 3 is 2.06 bits per heavy atom. The van der Waals surface area contributed by atoms with Gasteiger partial charge in [0.2, 0.25) is 0 Å². The number of piperidine rings is 1. The SMILES string of the molecule is C=C/C(C)=C\C=C(/C)CN(C(=C)N1CCC(C)CC1)C(=C/CS)/C(C)=C\CC.CC.CC. The Morgan fingerprint density at radius 2 is 1.59 bits per heavy atom. The van der Waals surface area contributed by atoms with Crippen molar-refractivity contribution in [2.24, 2.45) is 5.92 Å². The van der Waals surface area contributed by atoms with Crippen molar-refractivity contribution in [3.8, 4) is 0 Å². The maximum absolute atomic E-state index is 4.51. The molecule has 2 nitrogen and oxygen atoms in total. The van der Waals surface area contributed by atoms with E-state index < -0.39 is 0 Å². The minimum atomic E-state index is 0.712. The van der Waals surface area contributed by atoms with Gasteiger partial charge in [-0.2, -0.15) is 12.6 Å². The summed E-state index contributed by atoms with van der Waals surface area (Å²) in [5.74, 6) is 2.62. The number of hydrogen-bond donors (Lipinski definition) is 1. The van der Waals surface area contributed by atoms with Crippen molar-refractivity contribution in [2.45, 2.75) is 81.6 Å². The lowest BCUT2D eigenvalue weighted by Crippen LogP contribution is -2.40. The van der Waals surface area contributed by atoms with E-state index in [4.69, 9.17) is 0 Å². The van der Waals surface area contributed by atoms with E-state index in [0.29, 0.717) is 5.75 Å². The Hall–Kier alpha value is -1.61. The van der Waals surface area contributed by atoms with Gasteiger partial charge in [-0.3, -0.25) is 0 Å². The standard InChI is InChI=1S/C25H40N2S.2C2H6/c1-8-10-23(6)25(15-18-28)27(19-22(5)12-11-20(3)9-2)24(7)26-16-13-21(4)14-17-26;2*1-2/h9-12,15,21,28H,2,7-8,13-14,16-19H2,1,3-6H3;2*1-2H3/b20-11-,22-12+,23-10-,25-15+;;. The molecule has 1 rings (SSSR count). The van der Waals surface area contributed by atoms with Crippen LogP contribution in [0.15, 0.2) is 71.8 Å². The van der Waals surface area contributed by atoms with E-state index >= 15 is 0 Å². The summed E-state index contributed by atoms with van der Waals surface area (Å²) in [5.41, 5.74) is 4.97. The van der Waals surface area contributed by atoms with E-state index in [9.17, 15) is 0 Å². The van der Waals surface area contributed by atoms with Crippen molar-refractivity contribution in [3.05, 3.63) is 71.8 Å². The molecule has 0 N–H and O–H groups in total. The Kier molecular flexibility index (Phi) is 20.4. The number of nitrogens with zero attached hydrogens (tertiary/aromatic N) is 2. The Bertz CT molecular complexity index is 644. The number of likely N-dealkylation sites (tertiary alicyclic amines) is 1. The number of hydrogen-bond acceptors (Lipinski definition) is 3. The van der Waals surface area contributed by atoms with Crippen LogP contribution in [0, 0.1) is 5.92 Å². The molecule has 1 saturated heterocycles. The molecule has 1 heterocycles. The fraction of sp³-hybridized carbons (Fsp3) is 0.586. The monoisotopic (exact) mass is 460 g/mol. The summed E-state index contributed by atoms with van der Waals surface area (Å²) in [6.07, 6.45) is 14.2. The third-order valence-corrected chi connectivity index (χ3v) is 5.49. The van der Waals surface area contributed by atoms with Crippen LogP contribution in [0.2, 0.25) is 0 Å². The third-order valence-electron chi connectivity index (χ3n) is 5.31. The van der Waals surface area contributed by atoms with Gasteiger partial charge in [0.1, 0.15) is 5.82 Å². The summed E-state index contributed by atoms with van der Waals surface area (Å²) in [4.78, 5) is 4.82. The molecule has 1 aliphatic rings. The van der Waals surface area contributed by atoms with Crippen LogP contribution in [0.3, 0.4) is 0 Å². The molecule has 0 aromatic heterocycles. The van der Waals surface area contributed by atoms with Gasteiger partial charge in [-0.1, -0.05) is 96.2 Å². The zero-order valence-corrected chi connectivity index (χ0v) is 23.6. The van der Waals surface area contributed by atoms with Crippen LogP contribution in [0.4, 0.5) is 0 Å². The van der Waals surface area contributed by atoms with Gasteiger partial charge in [0, 0.05) is 31.1 Å². The van der Waals surface area contributed by atoms with Crippen molar-refractivity contribution in [1.29, 1.82) is 0 Å². The van der Waals surface area contributed by atoms with Crippen LogP contribution in [-0.2, 0) is 0 Å². The molecule has 0 atom stereocenters. The molecule has 0 aromatic rings. The van der Waals surface area contributed by atoms with Gasteiger partial charge in [-0.05, 0) is 51.5 Å². The van der Waals surface area contributed by atoms with Gasteiger partial charge in [-0.15, -0.1) is 0 Å². The highest BCUT2D eigenvalue weighted by atomic mass is 32.1. The summed E-state index contributed by atoms with van der Waals surface area (Å²) in [6.45, 7) is 30.3. The molecule has 0 saturated carbocycles. The minimum absolute atomic E-state index is 0.712. The van der Waals surface area contributed by atoms with Crippen molar-refractivity contribution in [1.82, 2.24) is 9.80 Å². The van der Waals surface area contributed by atoms with Crippen molar-refractivity contribution in [3.63, 3.8) is 0 Å². The molecule has 0 unspecified atom stereocenters. The summed E-state index contributed by atoms with van der Waals surface area (Å²) in [6, 6.07) is 0.